The molecule has 1 atom stereocenters. The predicted octanol–water partition coefficient (Wildman–Crippen LogP) is 4.46. The summed E-state index contributed by atoms with van der Waals surface area (Å²) >= 11 is 1.69. The van der Waals surface area contributed by atoms with Gasteiger partial charge in [-0.25, -0.2) is 0 Å². The van der Waals surface area contributed by atoms with Crippen LogP contribution in [0.5, 0.6) is 0 Å². The van der Waals surface area contributed by atoms with E-state index in [1.807, 2.05) is 73.0 Å². The minimum Gasteiger partial charge on any atom is -0.350 e. The fraction of sp³-hybridized carbons (Fsp3) is 0.200. The number of thioether (sulfide) groups is 1. The topological polar surface area (TPSA) is 49.4 Å². The Hall–Kier alpha value is -3.05. The summed E-state index contributed by atoms with van der Waals surface area (Å²) < 4.78 is 0. The van der Waals surface area contributed by atoms with Crippen molar-refractivity contribution in [1.82, 2.24) is 10.2 Å². The van der Waals surface area contributed by atoms with Gasteiger partial charge in [-0.1, -0.05) is 54.6 Å². The van der Waals surface area contributed by atoms with Crippen molar-refractivity contribution >= 4 is 23.6 Å². The largest absolute Gasteiger partial charge is 0.350 e. The van der Waals surface area contributed by atoms with Crippen molar-refractivity contribution in [2.75, 3.05) is 12.8 Å². The first kappa shape index (κ1) is 20.2. The fourth-order valence-electron chi connectivity index (χ4n) is 3.84. The molecule has 30 heavy (non-hydrogen) atoms. The Morgan fingerprint density at radius 1 is 0.967 bits per heavy atom. The van der Waals surface area contributed by atoms with Crippen LogP contribution in [0.1, 0.15) is 33.1 Å². The molecule has 0 fully saturated rings. The van der Waals surface area contributed by atoms with Gasteiger partial charge in [0.25, 0.3) is 5.91 Å². The van der Waals surface area contributed by atoms with E-state index >= 15 is 0 Å². The minimum absolute atomic E-state index is 0.116. The Balaban J connectivity index is 1.58. The van der Waals surface area contributed by atoms with E-state index in [2.05, 4.69) is 5.32 Å². The van der Waals surface area contributed by atoms with Crippen LogP contribution in [-0.2, 0) is 17.8 Å². The molecule has 4 rings (SSSR count). The van der Waals surface area contributed by atoms with Crippen molar-refractivity contribution in [2.45, 2.75) is 23.9 Å². The smallest absolute Gasteiger partial charge is 0.254 e. The Kier molecular flexibility index (Phi) is 6.19. The minimum atomic E-state index is -0.631. The molecule has 1 N–H and O–H groups in total. The Labute approximate surface area is 181 Å². The zero-order valence-electron chi connectivity index (χ0n) is 16.9. The van der Waals surface area contributed by atoms with Crippen molar-refractivity contribution in [3.05, 3.63) is 101 Å². The third-order valence-electron chi connectivity index (χ3n) is 5.44. The lowest BCUT2D eigenvalue weighted by Gasteiger charge is -2.36. The van der Waals surface area contributed by atoms with Gasteiger partial charge in [0.2, 0.25) is 5.91 Å². The van der Waals surface area contributed by atoms with Crippen molar-refractivity contribution in [2.24, 2.45) is 0 Å². The lowest BCUT2D eigenvalue weighted by Crippen LogP contribution is -2.47. The molecule has 4 nitrogen and oxygen atoms in total. The van der Waals surface area contributed by atoms with Crippen molar-refractivity contribution in [3.8, 4) is 0 Å². The maximum atomic E-state index is 13.3. The number of carbonyl (C=O) groups is 2. The van der Waals surface area contributed by atoms with Crippen LogP contribution in [0.15, 0.2) is 83.8 Å². The standard InChI is InChI=1S/C25H24N2O2S/c1-30-21-13-11-18(12-14-21)17-26-24(28)23-22-10-6-5-7-19(22)15-16-27(23)25(29)20-8-3-2-4-9-20/h2-14,23H,15-17H2,1H3,(H,26,28)/t23-/m1/s1. The van der Waals surface area contributed by atoms with E-state index in [9.17, 15) is 9.59 Å². The SMILES string of the molecule is CSc1ccc(CNC(=O)[C@H]2c3ccccc3CCN2C(=O)c2ccccc2)cc1. The van der Waals surface area contributed by atoms with Gasteiger partial charge in [0.1, 0.15) is 6.04 Å². The van der Waals surface area contributed by atoms with Gasteiger partial charge in [-0.15, -0.1) is 11.8 Å². The van der Waals surface area contributed by atoms with Crippen LogP contribution >= 0.6 is 11.8 Å². The summed E-state index contributed by atoms with van der Waals surface area (Å²) in [5.74, 6) is -0.269. The van der Waals surface area contributed by atoms with E-state index in [0.717, 1.165) is 23.1 Å². The summed E-state index contributed by atoms with van der Waals surface area (Å²) in [7, 11) is 0. The molecular weight excluding hydrogens is 392 g/mol. The summed E-state index contributed by atoms with van der Waals surface area (Å²) in [6, 6.07) is 24.6. The number of hydrogen-bond donors (Lipinski definition) is 1. The highest BCUT2D eigenvalue weighted by Gasteiger charge is 2.36. The highest BCUT2D eigenvalue weighted by Crippen LogP contribution is 2.31. The monoisotopic (exact) mass is 416 g/mol. The Morgan fingerprint density at radius 3 is 2.40 bits per heavy atom. The summed E-state index contributed by atoms with van der Waals surface area (Å²) in [5, 5.41) is 3.04. The number of carbonyl (C=O) groups excluding carboxylic acids is 2. The van der Waals surface area contributed by atoms with Crippen molar-refractivity contribution in [1.29, 1.82) is 0 Å². The molecule has 1 aliphatic heterocycles. The van der Waals surface area contributed by atoms with Crippen molar-refractivity contribution < 1.29 is 9.59 Å². The van der Waals surface area contributed by atoms with E-state index in [1.54, 1.807) is 28.8 Å². The number of hydrogen-bond acceptors (Lipinski definition) is 3. The number of rotatable bonds is 5. The lowest BCUT2D eigenvalue weighted by molar-refractivity contribution is -0.126. The molecule has 3 aromatic carbocycles. The number of nitrogens with one attached hydrogen (secondary N) is 1. The second kappa shape index (κ2) is 9.18. The van der Waals surface area contributed by atoms with Gasteiger partial charge < -0.3 is 10.2 Å². The number of fused-ring (bicyclic) bond motifs is 1. The van der Waals surface area contributed by atoms with Gasteiger partial charge >= 0.3 is 0 Å². The summed E-state index contributed by atoms with van der Waals surface area (Å²) in [6.07, 6.45) is 2.78. The second-order valence-corrected chi connectivity index (χ2v) is 8.16. The number of nitrogens with zero attached hydrogens (tertiary/aromatic N) is 1. The van der Waals surface area contributed by atoms with Crippen LogP contribution in [0.3, 0.4) is 0 Å². The van der Waals surface area contributed by atoms with Gasteiger partial charge in [-0.3, -0.25) is 9.59 Å². The molecule has 0 saturated carbocycles. The van der Waals surface area contributed by atoms with Gasteiger partial charge in [0.05, 0.1) is 0 Å². The molecule has 0 saturated heterocycles. The Bertz CT molecular complexity index is 1030. The summed E-state index contributed by atoms with van der Waals surface area (Å²) in [4.78, 5) is 29.4. The highest BCUT2D eigenvalue weighted by molar-refractivity contribution is 7.98. The third-order valence-corrected chi connectivity index (χ3v) is 6.18. The van der Waals surface area contributed by atoms with Crippen LogP contribution in [0.4, 0.5) is 0 Å². The lowest BCUT2D eigenvalue weighted by atomic mass is 9.91. The van der Waals surface area contributed by atoms with Crippen LogP contribution in [-0.4, -0.2) is 29.5 Å². The molecular formula is C25H24N2O2S. The normalized spacial score (nSPS) is 15.4. The van der Waals surface area contributed by atoms with E-state index in [-0.39, 0.29) is 11.8 Å². The zero-order chi connectivity index (χ0) is 20.9. The molecule has 5 heteroatoms. The molecule has 3 aromatic rings. The molecule has 2 amide bonds. The summed E-state index contributed by atoms with van der Waals surface area (Å²) in [5.41, 5.74) is 3.66. The first-order chi connectivity index (χ1) is 14.7. The van der Waals surface area contributed by atoms with Crippen LogP contribution in [0.2, 0.25) is 0 Å². The zero-order valence-corrected chi connectivity index (χ0v) is 17.7. The average molecular weight is 417 g/mol. The molecule has 1 heterocycles. The number of amides is 2. The quantitative estimate of drug-likeness (QED) is 0.625. The predicted molar refractivity (Wildman–Crippen MR) is 120 cm³/mol. The molecule has 0 radical (unpaired) electrons. The first-order valence-electron chi connectivity index (χ1n) is 10.0. The van der Waals surface area contributed by atoms with Gasteiger partial charge in [0.15, 0.2) is 0 Å². The average Bonchev–Trinajstić information content (AvgIpc) is 2.82. The molecule has 1 aliphatic rings. The molecule has 0 bridgehead atoms. The first-order valence-corrected chi connectivity index (χ1v) is 11.2. The molecule has 0 unspecified atom stereocenters. The second-order valence-electron chi connectivity index (χ2n) is 7.28. The number of benzene rings is 3. The molecule has 152 valence electrons. The van der Waals surface area contributed by atoms with E-state index in [4.69, 9.17) is 0 Å². The van der Waals surface area contributed by atoms with Gasteiger partial charge in [0, 0.05) is 23.5 Å². The van der Waals surface area contributed by atoms with E-state index < -0.39 is 6.04 Å². The molecule has 0 aliphatic carbocycles. The fourth-order valence-corrected chi connectivity index (χ4v) is 4.25. The third kappa shape index (κ3) is 4.26. The van der Waals surface area contributed by atoms with Gasteiger partial charge in [-0.05, 0) is 53.6 Å². The van der Waals surface area contributed by atoms with Crippen LogP contribution in [0.25, 0.3) is 0 Å². The maximum Gasteiger partial charge on any atom is 0.254 e. The molecule has 0 spiro atoms. The summed E-state index contributed by atoms with van der Waals surface area (Å²) in [6.45, 7) is 0.949. The van der Waals surface area contributed by atoms with Crippen LogP contribution < -0.4 is 5.32 Å². The Morgan fingerprint density at radius 2 is 1.67 bits per heavy atom. The van der Waals surface area contributed by atoms with E-state index in [0.29, 0.717) is 18.7 Å². The maximum absolute atomic E-state index is 13.3. The van der Waals surface area contributed by atoms with Crippen molar-refractivity contribution in [3.63, 3.8) is 0 Å². The van der Waals surface area contributed by atoms with Gasteiger partial charge in [-0.2, -0.15) is 0 Å². The highest BCUT2D eigenvalue weighted by atomic mass is 32.2. The molecule has 0 aromatic heterocycles. The van der Waals surface area contributed by atoms with E-state index in [1.165, 1.54) is 4.90 Å². The van der Waals surface area contributed by atoms with Crippen LogP contribution in [0, 0.1) is 0 Å².